The van der Waals surface area contributed by atoms with E-state index in [0.717, 1.165) is 16.8 Å². The van der Waals surface area contributed by atoms with Gasteiger partial charge in [0.2, 0.25) is 11.6 Å². The van der Waals surface area contributed by atoms with E-state index in [2.05, 4.69) is 20.9 Å². The van der Waals surface area contributed by atoms with Gasteiger partial charge in [0.05, 0.1) is 13.2 Å². The van der Waals surface area contributed by atoms with E-state index >= 15 is 0 Å². The van der Waals surface area contributed by atoms with Crippen LogP contribution < -0.4 is 15.4 Å². The first-order valence-electron chi connectivity index (χ1n) is 9.78. The zero-order valence-corrected chi connectivity index (χ0v) is 17.3. The topological polar surface area (TPSA) is 110 Å². The molecule has 0 fully saturated rings. The Kier molecular flexibility index (Phi) is 4.78. The largest absolute Gasteiger partial charge is 0.504 e. The molecule has 1 aliphatic carbocycles. The highest BCUT2D eigenvalue weighted by atomic mass is 35.5. The molecule has 1 aromatic heterocycles. The molecule has 0 amide bonds. The summed E-state index contributed by atoms with van der Waals surface area (Å²) in [5, 5.41) is 25.0. The molecule has 0 saturated carbocycles. The summed E-state index contributed by atoms with van der Waals surface area (Å²) in [4.78, 5) is 13.4. The number of Topliss-reactive ketones (excluding diaryl/α,β-unsaturated/α-hetero) is 1. The molecule has 0 saturated heterocycles. The Balaban J connectivity index is 1.59. The number of benzene rings is 2. The molecule has 3 N–H and O–H groups in total. The van der Waals surface area contributed by atoms with Crippen molar-refractivity contribution in [3.63, 3.8) is 0 Å². The standard InChI is InChI=1S/C22H19ClN4O4/c1-30-18-10-12(4-7-16(18)28)20-19-15(24-21-22(25-20)27-31-26-21)8-13(9-17(19)29)11-2-5-14(23)6-3-11/h2-7,10,13,20,28H,8-9H2,1H3,(H,24,26)(H,25,27)/t13-,20-/m1/s1. The number of anilines is 2. The highest BCUT2D eigenvalue weighted by Crippen LogP contribution is 2.44. The Morgan fingerprint density at radius 3 is 2.61 bits per heavy atom. The number of hydrogen-bond acceptors (Lipinski definition) is 8. The minimum atomic E-state index is -0.510. The number of aromatic nitrogens is 2. The fourth-order valence-electron chi connectivity index (χ4n) is 4.20. The number of ketones is 1. The third-order valence-corrected chi connectivity index (χ3v) is 5.97. The summed E-state index contributed by atoms with van der Waals surface area (Å²) in [6, 6.07) is 12.0. The molecule has 0 radical (unpaired) electrons. The molecule has 2 heterocycles. The van der Waals surface area contributed by atoms with Crippen LogP contribution in [0, 0.1) is 0 Å². The Hall–Kier alpha value is -3.52. The highest BCUT2D eigenvalue weighted by Gasteiger charge is 2.37. The first-order chi connectivity index (χ1) is 15.0. The van der Waals surface area contributed by atoms with E-state index in [1.807, 2.05) is 24.3 Å². The van der Waals surface area contributed by atoms with Gasteiger partial charge in [-0.1, -0.05) is 29.8 Å². The van der Waals surface area contributed by atoms with Crippen LogP contribution >= 0.6 is 11.6 Å². The average molecular weight is 439 g/mol. The number of carbonyl (C=O) groups excluding carboxylic acids is 1. The maximum absolute atomic E-state index is 13.4. The molecule has 8 nitrogen and oxygen atoms in total. The van der Waals surface area contributed by atoms with Crippen LogP contribution in [0.3, 0.4) is 0 Å². The maximum atomic E-state index is 13.4. The molecule has 158 valence electrons. The molecule has 5 rings (SSSR count). The molecule has 31 heavy (non-hydrogen) atoms. The number of halogens is 1. The summed E-state index contributed by atoms with van der Waals surface area (Å²) in [5.41, 5.74) is 3.16. The van der Waals surface area contributed by atoms with Gasteiger partial charge >= 0.3 is 0 Å². The van der Waals surface area contributed by atoms with Gasteiger partial charge in [0.25, 0.3) is 0 Å². The second-order valence-electron chi connectivity index (χ2n) is 7.57. The fourth-order valence-corrected chi connectivity index (χ4v) is 4.32. The lowest BCUT2D eigenvalue weighted by atomic mass is 9.78. The SMILES string of the molecule is COc1cc([C@H]2Nc3nonc3NC3=C2C(=O)C[C@H](c2ccc(Cl)cc2)C3)ccc1O. The first kappa shape index (κ1) is 19.4. The van der Waals surface area contributed by atoms with Gasteiger partial charge in [0, 0.05) is 22.7 Å². The average Bonchev–Trinajstić information content (AvgIpc) is 3.13. The third kappa shape index (κ3) is 3.48. The van der Waals surface area contributed by atoms with Crippen LogP contribution in [0.1, 0.15) is 35.9 Å². The molecule has 0 spiro atoms. The van der Waals surface area contributed by atoms with Crippen molar-refractivity contribution in [2.24, 2.45) is 0 Å². The first-order valence-corrected chi connectivity index (χ1v) is 10.2. The van der Waals surface area contributed by atoms with Crippen molar-refractivity contribution in [1.82, 2.24) is 10.3 Å². The Morgan fingerprint density at radius 2 is 1.84 bits per heavy atom. The van der Waals surface area contributed by atoms with Crippen molar-refractivity contribution in [3.05, 3.63) is 69.9 Å². The monoisotopic (exact) mass is 438 g/mol. The molecular formula is C22H19ClN4O4. The van der Waals surface area contributed by atoms with Gasteiger partial charge in [-0.15, -0.1) is 0 Å². The molecule has 2 aromatic carbocycles. The number of methoxy groups -OCH3 is 1. The number of carbonyl (C=O) groups is 1. The van der Waals surface area contributed by atoms with Gasteiger partial charge in [-0.25, -0.2) is 4.63 Å². The molecule has 2 aliphatic rings. The predicted octanol–water partition coefficient (Wildman–Crippen LogP) is 4.42. The number of fused-ring (bicyclic) bond motifs is 1. The van der Waals surface area contributed by atoms with Crippen LogP contribution in [0.5, 0.6) is 11.5 Å². The second-order valence-corrected chi connectivity index (χ2v) is 8.00. The number of rotatable bonds is 3. The molecule has 1 aliphatic heterocycles. The summed E-state index contributed by atoms with van der Waals surface area (Å²) < 4.78 is 10.1. The minimum absolute atomic E-state index is 0.00688. The Bertz CT molecular complexity index is 1190. The van der Waals surface area contributed by atoms with E-state index in [9.17, 15) is 9.90 Å². The summed E-state index contributed by atoms with van der Waals surface area (Å²) in [5.74, 6) is 1.19. The normalized spacial score (nSPS) is 20.3. The quantitative estimate of drug-likeness (QED) is 0.551. The van der Waals surface area contributed by atoms with Crippen LogP contribution in [0.2, 0.25) is 5.02 Å². The number of allylic oxidation sites excluding steroid dienone is 1. The lowest BCUT2D eigenvalue weighted by Gasteiger charge is -2.29. The number of nitrogens with zero attached hydrogens (tertiary/aromatic N) is 2. The van der Waals surface area contributed by atoms with Crippen LogP contribution in [-0.4, -0.2) is 28.3 Å². The van der Waals surface area contributed by atoms with Crippen LogP contribution in [0.4, 0.5) is 11.6 Å². The lowest BCUT2D eigenvalue weighted by Crippen LogP contribution is -2.27. The van der Waals surface area contributed by atoms with E-state index in [-0.39, 0.29) is 17.5 Å². The zero-order valence-electron chi connectivity index (χ0n) is 16.6. The van der Waals surface area contributed by atoms with E-state index < -0.39 is 6.04 Å². The number of hydrogen-bond donors (Lipinski definition) is 3. The van der Waals surface area contributed by atoms with Crippen molar-refractivity contribution in [3.8, 4) is 11.5 Å². The van der Waals surface area contributed by atoms with E-state index in [0.29, 0.717) is 40.8 Å². The Morgan fingerprint density at radius 1 is 1.10 bits per heavy atom. The lowest BCUT2D eigenvalue weighted by molar-refractivity contribution is -0.116. The Labute approximate surface area is 182 Å². The van der Waals surface area contributed by atoms with E-state index in [4.69, 9.17) is 21.0 Å². The molecule has 0 unspecified atom stereocenters. The van der Waals surface area contributed by atoms with Gasteiger partial charge < -0.3 is 20.5 Å². The van der Waals surface area contributed by atoms with Crippen molar-refractivity contribution in [2.45, 2.75) is 24.8 Å². The van der Waals surface area contributed by atoms with E-state index in [1.54, 1.807) is 18.2 Å². The van der Waals surface area contributed by atoms with Crippen molar-refractivity contribution in [2.75, 3.05) is 17.7 Å². The van der Waals surface area contributed by atoms with E-state index in [1.165, 1.54) is 7.11 Å². The summed E-state index contributed by atoms with van der Waals surface area (Å²) in [7, 11) is 1.48. The van der Waals surface area contributed by atoms with Crippen LogP contribution in [-0.2, 0) is 4.79 Å². The van der Waals surface area contributed by atoms with Gasteiger partial charge in [0.1, 0.15) is 0 Å². The van der Waals surface area contributed by atoms with Crippen molar-refractivity contribution < 1.29 is 19.3 Å². The zero-order chi connectivity index (χ0) is 21.5. The number of aromatic hydroxyl groups is 1. The minimum Gasteiger partial charge on any atom is -0.504 e. The van der Waals surface area contributed by atoms with Gasteiger partial charge in [-0.2, -0.15) is 0 Å². The summed E-state index contributed by atoms with van der Waals surface area (Å²) >= 11 is 6.03. The van der Waals surface area contributed by atoms with Crippen molar-refractivity contribution in [1.29, 1.82) is 0 Å². The molecular weight excluding hydrogens is 420 g/mol. The number of ether oxygens (including phenoxy) is 1. The second kappa shape index (κ2) is 7.63. The van der Waals surface area contributed by atoms with Gasteiger partial charge in [-0.3, -0.25) is 4.79 Å². The molecule has 9 heteroatoms. The predicted molar refractivity (Wildman–Crippen MR) is 114 cm³/mol. The summed E-state index contributed by atoms with van der Waals surface area (Å²) in [6.07, 6.45) is 0.980. The summed E-state index contributed by atoms with van der Waals surface area (Å²) in [6.45, 7) is 0. The van der Waals surface area contributed by atoms with Gasteiger partial charge in [-0.05, 0) is 58.0 Å². The smallest absolute Gasteiger partial charge is 0.219 e. The number of phenolic OH excluding ortho intramolecular Hbond substituents is 1. The van der Waals surface area contributed by atoms with Crippen LogP contribution in [0.25, 0.3) is 0 Å². The number of phenols is 1. The third-order valence-electron chi connectivity index (χ3n) is 5.71. The maximum Gasteiger partial charge on any atom is 0.219 e. The molecule has 3 aromatic rings. The molecule has 0 bridgehead atoms. The van der Waals surface area contributed by atoms with Gasteiger partial charge in [0.15, 0.2) is 17.3 Å². The number of nitrogens with one attached hydrogen (secondary N) is 2. The molecule has 2 atom stereocenters. The fraction of sp³-hybridized carbons (Fsp3) is 0.227. The van der Waals surface area contributed by atoms with Crippen LogP contribution in [0.15, 0.2) is 58.4 Å². The van der Waals surface area contributed by atoms with Crippen molar-refractivity contribution >= 4 is 29.0 Å². The highest BCUT2D eigenvalue weighted by molar-refractivity contribution is 6.30.